The zero-order valence-electron chi connectivity index (χ0n) is 14.8. The normalized spacial score (nSPS) is 15.4. The van der Waals surface area contributed by atoms with Gasteiger partial charge in [-0.1, -0.05) is 48.5 Å². The van der Waals surface area contributed by atoms with Gasteiger partial charge in [0.15, 0.2) is 0 Å². The van der Waals surface area contributed by atoms with Crippen molar-refractivity contribution in [2.24, 2.45) is 0 Å². The molecule has 138 valence electrons. The van der Waals surface area contributed by atoms with Crippen LogP contribution in [0.3, 0.4) is 0 Å². The van der Waals surface area contributed by atoms with E-state index in [0.29, 0.717) is 4.90 Å². The summed E-state index contributed by atoms with van der Waals surface area (Å²) < 4.78 is 0. The fourth-order valence-corrected chi connectivity index (χ4v) is 3.12. The second kappa shape index (κ2) is 7.41. The molecule has 3 rings (SSSR count). The molecule has 1 aliphatic heterocycles. The summed E-state index contributed by atoms with van der Waals surface area (Å²) in [7, 11) is 0. The molecule has 1 saturated heterocycles. The summed E-state index contributed by atoms with van der Waals surface area (Å²) >= 11 is 0. The second-order valence-electron chi connectivity index (χ2n) is 6.24. The predicted octanol–water partition coefficient (Wildman–Crippen LogP) is 1.99. The molecule has 1 fully saturated rings. The molecule has 1 N–H and O–H groups in total. The first kappa shape index (κ1) is 18.3. The average molecular weight is 365 g/mol. The summed E-state index contributed by atoms with van der Waals surface area (Å²) in [5.41, 5.74) is 0.921. The maximum absolute atomic E-state index is 12.4. The molecule has 2 aromatic rings. The Morgan fingerprint density at radius 2 is 1.74 bits per heavy atom. The highest BCUT2D eigenvalue weighted by Gasteiger charge is 2.44. The maximum Gasteiger partial charge on any atom is 0.335 e. The molecule has 0 bridgehead atoms. The standard InChI is InChI=1S/C20H19N3O4/c1-3-11-22-18(25)19(26)23(20(22)27)12-17(24)21-13(2)15-10-6-8-14-7-4-5-9-16(14)15/h3-10,13H,1,11-12H2,2H3,(H,21,24)/t13-/m0/s1. The third-order valence-corrected chi connectivity index (χ3v) is 4.42. The van der Waals surface area contributed by atoms with Crippen LogP contribution in [-0.4, -0.2) is 46.6 Å². The number of hydrogen-bond acceptors (Lipinski definition) is 4. The summed E-state index contributed by atoms with van der Waals surface area (Å²) in [5, 5.41) is 4.84. The molecule has 1 atom stereocenters. The van der Waals surface area contributed by atoms with Crippen LogP contribution < -0.4 is 5.32 Å². The van der Waals surface area contributed by atoms with Crippen molar-refractivity contribution in [2.45, 2.75) is 13.0 Å². The Labute approximate surface area is 156 Å². The van der Waals surface area contributed by atoms with E-state index in [1.807, 2.05) is 49.4 Å². The molecular weight excluding hydrogens is 346 g/mol. The summed E-state index contributed by atoms with van der Waals surface area (Å²) in [5.74, 6) is -2.48. The Morgan fingerprint density at radius 1 is 1.07 bits per heavy atom. The molecule has 0 aromatic heterocycles. The van der Waals surface area contributed by atoms with Gasteiger partial charge >= 0.3 is 17.8 Å². The van der Waals surface area contributed by atoms with E-state index in [9.17, 15) is 19.2 Å². The second-order valence-corrected chi connectivity index (χ2v) is 6.24. The van der Waals surface area contributed by atoms with Gasteiger partial charge < -0.3 is 5.32 Å². The Morgan fingerprint density at radius 3 is 2.48 bits per heavy atom. The van der Waals surface area contributed by atoms with E-state index in [-0.39, 0.29) is 12.6 Å². The van der Waals surface area contributed by atoms with E-state index < -0.39 is 30.3 Å². The number of amides is 5. The first-order valence-electron chi connectivity index (χ1n) is 8.49. The van der Waals surface area contributed by atoms with Gasteiger partial charge in [-0.05, 0) is 23.3 Å². The van der Waals surface area contributed by atoms with Crippen molar-refractivity contribution in [3.8, 4) is 0 Å². The largest absolute Gasteiger partial charge is 0.348 e. The van der Waals surface area contributed by atoms with Crippen LogP contribution in [0.25, 0.3) is 10.8 Å². The quantitative estimate of drug-likeness (QED) is 0.482. The van der Waals surface area contributed by atoms with Gasteiger partial charge in [-0.15, -0.1) is 6.58 Å². The monoisotopic (exact) mass is 365 g/mol. The smallest absolute Gasteiger partial charge is 0.335 e. The highest BCUT2D eigenvalue weighted by molar-refractivity contribution is 6.45. The Hall–Kier alpha value is -3.48. The predicted molar refractivity (Wildman–Crippen MR) is 99.5 cm³/mol. The molecule has 7 heteroatoms. The molecular formula is C20H19N3O4. The van der Waals surface area contributed by atoms with Gasteiger partial charge in [0.25, 0.3) is 0 Å². The van der Waals surface area contributed by atoms with E-state index in [4.69, 9.17) is 0 Å². The van der Waals surface area contributed by atoms with E-state index >= 15 is 0 Å². The molecule has 0 unspecified atom stereocenters. The Bertz CT molecular complexity index is 948. The number of carbonyl (C=O) groups is 4. The van der Waals surface area contributed by atoms with Gasteiger partial charge in [-0.3, -0.25) is 19.3 Å². The number of nitrogens with one attached hydrogen (secondary N) is 1. The molecule has 1 aliphatic rings. The zero-order valence-corrected chi connectivity index (χ0v) is 14.8. The van der Waals surface area contributed by atoms with E-state index in [1.54, 1.807) is 0 Å². The number of imide groups is 2. The zero-order chi connectivity index (χ0) is 19.6. The Kier molecular flexibility index (Phi) is 5.03. The van der Waals surface area contributed by atoms with Gasteiger partial charge in [-0.2, -0.15) is 0 Å². The van der Waals surface area contributed by atoms with Crippen molar-refractivity contribution in [3.05, 3.63) is 60.7 Å². The number of carbonyl (C=O) groups excluding carboxylic acids is 4. The van der Waals surface area contributed by atoms with Crippen LogP contribution in [0.4, 0.5) is 4.79 Å². The van der Waals surface area contributed by atoms with Gasteiger partial charge in [0.2, 0.25) is 5.91 Å². The number of nitrogens with zero attached hydrogens (tertiary/aromatic N) is 2. The van der Waals surface area contributed by atoms with E-state index in [0.717, 1.165) is 21.2 Å². The summed E-state index contributed by atoms with van der Waals surface area (Å²) in [6.45, 7) is 4.69. The number of fused-ring (bicyclic) bond motifs is 1. The van der Waals surface area contributed by atoms with E-state index in [2.05, 4.69) is 11.9 Å². The van der Waals surface area contributed by atoms with Gasteiger partial charge in [0.05, 0.1) is 6.04 Å². The highest BCUT2D eigenvalue weighted by Crippen LogP contribution is 2.24. The van der Waals surface area contributed by atoms with Crippen LogP contribution in [0.15, 0.2) is 55.1 Å². The first-order valence-corrected chi connectivity index (χ1v) is 8.49. The van der Waals surface area contributed by atoms with Gasteiger partial charge in [0.1, 0.15) is 6.54 Å². The number of urea groups is 1. The van der Waals surface area contributed by atoms with Gasteiger partial charge in [-0.25, -0.2) is 9.69 Å². The lowest BCUT2D eigenvalue weighted by atomic mass is 10.00. The lowest BCUT2D eigenvalue weighted by Crippen LogP contribution is -2.42. The lowest BCUT2D eigenvalue weighted by molar-refractivity contribution is -0.143. The SMILES string of the molecule is C=CCN1C(=O)C(=O)N(CC(=O)N[C@@H](C)c2cccc3ccccc23)C1=O. The van der Waals surface area contributed by atoms with Crippen LogP contribution in [-0.2, 0) is 14.4 Å². The fourth-order valence-electron chi connectivity index (χ4n) is 3.12. The summed E-state index contributed by atoms with van der Waals surface area (Å²) in [4.78, 5) is 49.7. The first-order chi connectivity index (χ1) is 12.9. The average Bonchev–Trinajstić information content (AvgIpc) is 2.86. The Balaban J connectivity index is 1.72. The molecule has 0 radical (unpaired) electrons. The molecule has 27 heavy (non-hydrogen) atoms. The summed E-state index contributed by atoms with van der Waals surface area (Å²) in [6.07, 6.45) is 1.34. The third-order valence-electron chi connectivity index (χ3n) is 4.42. The molecule has 0 spiro atoms. The number of hydrogen-bond donors (Lipinski definition) is 1. The van der Waals surface area contributed by atoms with Crippen LogP contribution in [0.1, 0.15) is 18.5 Å². The highest BCUT2D eigenvalue weighted by atomic mass is 16.2. The molecule has 0 saturated carbocycles. The minimum Gasteiger partial charge on any atom is -0.348 e. The van der Waals surface area contributed by atoms with Crippen molar-refractivity contribution in [2.75, 3.05) is 13.1 Å². The minimum absolute atomic E-state index is 0.0755. The molecule has 0 aliphatic carbocycles. The lowest BCUT2D eigenvalue weighted by Gasteiger charge is -2.19. The van der Waals surface area contributed by atoms with Crippen molar-refractivity contribution in [3.63, 3.8) is 0 Å². The number of benzene rings is 2. The van der Waals surface area contributed by atoms with Crippen LogP contribution in [0.2, 0.25) is 0 Å². The molecule has 1 heterocycles. The topological polar surface area (TPSA) is 86.8 Å². The van der Waals surface area contributed by atoms with E-state index in [1.165, 1.54) is 6.08 Å². The molecule has 5 amide bonds. The maximum atomic E-state index is 12.4. The van der Waals surface area contributed by atoms with Crippen molar-refractivity contribution < 1.29 is 19.2 Å². The molecule has 7 nitrogen and oxygen atoms in total. The van der Waals surface area contributed by atoms with Crippen LogP contribution in [0.5, 0.6) is 0 Å². The number of rotatable bonds is 6. The van der Waals surface area contributed by atoms with Crippen LogP contribution >= 0.6 is 0 Å². The minimum atomic E-state index is -1.00. The molecule has 2 aromatic carbocycles. The van der Waals surface area contributed by atoms with Crippen molar-refractivity contribution >= 4 is 34.5 Å². The van der Waals surface area contributed by atoms with Gasteiger partial charge in [0, 0.05) is 6.54 Å². The summed E-state index contributed by atoms with van der Waals surface area (Å²) in [6, 6.07) is 12.5. The van der Waals surface area contributed by atoms with Crippen molar-refractivity contribution in [1.82, 2.24) is 15.1 Å². The van der Waals surface area contributed by atoms with Crippen molar-refractivity contribution in [1.29, 1.82) is 0 Å². The third kappa shape index (κ3) is 3.44. The van der Waals surface area contributed by atoms with Crippen LogP contribution in [0, 0.1) is 0 Å². The fraction of sp³-hybridized carbons (Fsp3) is 0.200.